The van der Waals surface area contributed by atoms with Crippen LogP contribution in [0.4, 0.5) is 18.3 Å². The molecule has 1 aliphatic rings. The van der Waals surface area contributed by atoms with Crippen molar-refractivity contribution in [2.45, 2.75) is 12.7 Å². The summed E-state index contributed by atoms with van der Waals surface area (Å²) in [5.41, 5.74) is -0.578. The number of hydrazone groups is 1. The molecule has 0 fully saturated rings. The van der Waals surface area contributed by atoms with Gasteiger partial charge in [0, 0.05) is 11.1 Å². The molecule has 3 heterocycles. The standard InChI is InChI=1S/C17H11F3N4OS2/c18-17(19,20)14-11(9-21-8-10-4-3-7-26-10)15(25)24(23-14)16-22-12-5-1-2-6-13(12)27-16/h1-7,9,11H,8H2/t11-/m0/s1. The summed E-state index contributed by atoms with van der Waals surface area (Å²) >= 11 is 2.55. The minimum Gasteiger partial charge on any atom is -0.291 e. The highest BCUT2D eigenvalue weighted by atomic mass is 32.1. The van der Waals surface area contributed by atoms with Crippen LogP contribution in [0.15, 0.2) is 51.9 Å². The van der Waals surface area contributed by atoms with Crippen LogP contribution in [0.25, 0.3) is 10.2 Å². The summed E-state index contributed by atoms with van der Waals surface area (Å²) in [6, 6.07) is 10.7. The SMILES string of the molecule is O=C1[C@@H](C=NCc2cccs2)C(C(F)(F)F)=NN1c1nc2ccccc2s1. The van der Waals surface area contributed by atoms with Gasteiger partial charge in [-0.15, -0.1) is 11.3 Å². The lowest BCUT2D eigenvalue weighted by atomic mass is 10.0. The number of nitrogens with zero attached hydrogens (tertiary/aromatic N) is 4. The lowest BCUT2D eigenvalue weighted by Crippen LogP contribution is -2.34. The zero-order valence-electron chi connectivity index (χ0n) is 13.6. The zero-order valence-corrected chi connectivity index (χ0v) is 15.2. The van der Waals surface area contributed by atoms with E-state index in [-0.39, 0.29) is 11.7 Å². The molecule has 0 saturated carbocycles. The van der Waals surface area contributed by atoms with E-state index in [1.807, 2.05) is 17.5 Å². The number of para-hydroxylation sites is 1. The minimum absolute atomic E-state index is 0.108. The first-order valence-electron chi connectivity index (χ1n) is 7.81. The number of aromatic nitrogens is 1. The van der Waals surface area contributed by atoms with Gasteiger partial charge in [0.05, 0.1) is 16.8 Å². The topological polar surface area (TPSA) is 57.9 Å². The Balaban J connectivity index is 1.64. The smallest absolute Gasteiger partial charge is 0.291 e. The van der Waals surface area contributed by atoms with E-state index in [1.54, 1.807) is 24.3 Å². The molecule has 27 heavy (non-hydrogen) atoms. The molecule has 5 nitrogen and oxygen atoms in total. The predicted octanol–water partition coefficient (Wildman–Crippen LogP) is 4.51. The number of hydrogen-bond donors (Lipinski definition) is 0. The molecule has 0 radical (unpaired) electrons. The fourth-order valence-electron chi connectivity index (χ4n) is 2.57. The van der Waals surface area contributed by atoms with Crippen LogP contribution in [0, 0.1) is 5.92 Å². The normalized spacial score (nSPS) is 18.0. The quantitative estimate of drug-likeness (QED) is 0.597. The number of thiophene rings is 1. The summed E-state index contributed by atoms with van der Waals surface area (Å²) < 4.78 is 40.9. The zero-order chi connectivity index (χ0) is 19.0. The van der Waals surface area contributed by atoms with E-state index in [2.05, 4.69) is 15.1 Å². The van der Waals surface area contributed by atoms with Crippen molar-refractivity contribution in [1.82, 2.24) is 4.98 Å². The maximum Gasteiger partial charge on any atom is 0.432 e. The number of carbonyl (C=O) groups is 1. The summed E-state index contributed by atoms with van der Waals surface area (Å²) in [5.74, 6) is -2.38. The lowest BCUT2D eigenvalue weighted by Gasteiger charge is -2.09. The van der Waals surface area contributed by atoms with Crippen molar-refractivity contribution in [3.05, 3.63) is 46.7 Å². The van der Waals surface area contributed by atoms with Gasteiger partial charge in [0.25, 0.3) is 5.91 Å². The van der Waals surface area contributed by atoms with E-state index in [0.717, 1.165) is 32.1 Å². The summed E-state index contributed by atoms with van der Waals surface area (Å²) in [6.07, 6.45) is -3.71. The Morgan fingerprint density at radius 1 is 1.22 bits per heavy atom. The van der Waals surface area contributed by atoms with Crippen LogP contribution < -0.4 is 5.01 Å². The van der Waals surface area contributed by atoms with Gasteiger partial charge < -0.3 is 0 Å². The number of halogens is 3. The van der Waals surface area contributed by atoms with Crippen molar-refractivity contribution in [1.29, 1.82) is 0 Å². The number of amides is 1. The second-order valence-electron chi connectivity index (χ2n) is 5.64. The highest BCUT2D eigenvalue weighted by Crippen LogP contribution is 2.35. The Morgan fingerprint density at radius 2 is 2.04 bits per heavy atom. The van der Waals surface area contributed by atoms with E-state index >= 15 is 0 Å². The molecule has 2 aromatic heterocycles. The molecule has 138 valence electrons. The lowest BCUT2D eigenvalue weighted by molar-refractivity contribution is -0.119. The number of fused-ring (bicyclic) bond motifs is 1. The molecule has 4 rings (SSSR count). The highest BCUT2D eigenvalue weighted by molar-refractivity contribution is 7.22. The number of thiazole rings is 1. The van der Waals surface area contributed by atoms with E-state index in [9.17, 15) is 18.0 Å². The van der Waals surface area contributed by atoms with Crippen LogP contribution in [0.2, 0.25) is 0 Å². The van der Waals surface area contributed by atoms with Gasteiger partial charge in [-0.05, 0) is 23.6 Å². The first-order valence-corrected chi connectivity index (χ1v) is 9.50. The number of hydrogen-bond acceptors (Lipinski definition) is 6. The highest BCUT2D eigenvalue weighted by Gasteiger charge is 2.50. The molecule has 0 aliphatic carbocycles. The fourth-order valence-corrected chi connectivity index (χ4v) is 4.13. The van der Waals surface area contributed by atoms with Gasteiger partial charge in [-0.25, -0.2) is 4.98 Å². The van der Waals surface area contributed by atoms with E-state index in [4.69, 9.17) is 0 Å². The Kier molecular flexibility index (Phi) is 4.52. The van der Waals surface area contributed by atoms with Crippen molar-refractivity contribution in [3.63, 3.8) is 0 Å². The minimum atomic E-state index is -4.74. The van der Waals surface area contributed by atoms with Gasteiger partial charge in [0.2, 0.25) is 5.13 Å². The number of anilines is 1. The summed E-state index contributed by atoms with van der Waals surface area (Å²) in [6.45, 7) is 0.216. The van der Waals surface area contributed by atoms with E-state index in [0.29, 0.717) is 5.52 Å². The molecule has 0 bridgehead atoms. The van der Waals surface area contributed by atoms with Crippen molar-refractivity contribution in [3.8, 4) is 0 Å². The van der Waals surface area contributed by atoms with Gasteiger partial charge in [0.1, 0.15) is 5.92 Å². The largest absolute Gasteiger partial charge is 0.432 e. The average Bonchev–Trinajstić information content (AvgIpc) is 3.33. The third-order valence-corrected chi connectivity index (χ3v) is 5.69. The molecule has 10 heteroatoms. The Bertz CT molecular complexity index is 1010. The van der Waals surface area contributed by atoms with E-state index in [1.165, 1.54) is 11.3 Å². The summed E-state index contributed by atoms with van der Waals surface area (Å²) in [5, 5.41) is 6.23. The van der Waals surface area contributed by atoms with Gasteiger partial charge in [0.15, 0.2) is 5.71 Å². The maximum atomic E-state index is 13.4. The van der Waals surface area contributed by atoms with Gasteiger partial charge >= 0.3 is 6.18 Å². The molecule has 0 unspecified atom stereocenters. The Hall–Kier alpha value is -2.59. The molecule has 1 amide bonds. The molecule has 0 N–H and O–H groups in total. The average molecular weight is 408 g/mol. The molecular weight excluding hydrogens is 397 g/mol. The van der Waals surface area contributed by atoms with Crippen LogP contribution in [-0.4, -0.2) is 29.0 Å². The number of alkyl halides is 3. The van der Waals surface area contributed by atoms with Crippen LogP contribution in [0.1, 0.15) is 4.88 Å². The van der Waals surface area contributed by atoms with Crippen LogP contribution in [0.5, 0.6) is 0 Å². The fraction of sp³-hybridized carbons (Fsp3) is 0.176. The molecule has 3 aromatic rings. The Labute approximate surface area is 159 Å². The van der Waals surface area contributed by atoms with E-state index < -0.39 is 23.7 Å². The second kappa shape index (κ2) is 6.86. The molecule has 1 aromatic carbocycles. The number of rotatable bonds is 4. The van der Waals surface area contributed by atoms with Crippen LogP contribution in [0.3, 0.4) is 0 Å². The number of aliphatic imine (C=N–C) groups is 1. The number of benzene rings is 1. The van der Waals surface area contributed by atoms with Gasteiger partial charge in [-0.1, -0.05) is 29.5 Å². The first-order chi connectivity index (χ1) is 12.9. The Morgan fingerprint density at radius 3 is 2.74 bits per heavy atom. The molecule has 1 atom stereocenters. The van der Waals surface area contributed by atoms with Crippen molar-refractivity contribution >= 4 is 55.9 Å². The van der Waals surface area contributed by atoms with Crippen molar-refractivity contribution in [2.24, 2.45) is 16.0 Å². The van der Waals surface area contributed by atoms with Crippen molar-refractivity contribution in [2.75, 3.05) is 5.01 Å². The van der Waals surface area contributed by atoms with Gasteiger partial charge in [-0.2, -0.15) is 23.3 Å². The van der Waals surface area contributed by atoms with Crippen LogP contribution >= 0.6 is 22.7 Å². The molecule has 0 spiro atoms. The first kappa shape index (κ1) is 17.8. The number of carbonyl (C=O) groups excluding carboxylic acids is 1. The summed E-state index contributed by atoms with van der Waals surface area (Å²) in [4.78, 5) is 21.8. The molecule has 0 saturated heterocycles. The van der Waals surface area contributed by atoms with Crippen molar-refractivity contribution < 1.29 is 18.0 Å². The van der Waals surface area contributed by atoms with Crippen LogP contribution in [-0.2, 0) is 11.3 Å². The second-order valence-corrected chi connectivity index (χ2v) is 7.69. The third kappa shape index (κ3) is 3.50. The van der Waals surface area contributed by atoms with Gasteiger partial charge in [-0.3, -0.25) is 9.79 Å². The molecule has 1 aliphatic heterocycles. The summed E-state index contributed by atoms with van der Waals surface area (Å²) in [7, 11) is 0. The predicted molar refractivity (Wildman–Crippen MR) is 101 cm³/mol. The molecular formula is C17H11F3N4OS2. The third-order valence-electron chi connectivity index (χ3n) is 3.81. The maximum absolute atomic E-state index is 13.4. The monoisotopic (exact) mass is 408 g/mol.